The summed E-state index contributed by atoms with van der Waals surface area (Å²) in [7, 11) is -2.02. The fraction of sp³-hybridized carbons (Fsp3) is 0.0455. The SMILES string of the molecule is C[Si]1(C)c2ccccc2-c2cccc(-c3nc(-n4c5ccccc5c5ccc6ccc7c8ccccc8sc7c6c54)nc4ccccc34)c21. The van der Waals surface area contributed by atoms with Crippen LogP contribution in [0.5, 0.6) is 0 Å². The number of nitrogens with zero attached hydrogens (tertiary/aromatic N) is 3. The van der Waals surface area contributed by atoms with E-state index in [9.17, 15) is 0 Å². The summed E-state index contributed by atoms with van der Waals surface area (Å²) in [6.45, 7) is 4.97. The quantitative estimate of drug-likeness (QED) is 0.173. The van der Waals surface area contributed by atoms with E-state index in [4.69, 9.17) is 9.97 Å². The second kappa shape index (κ2) is 9.72. The van der Waals surface area contributed by atoms with Crippen LogP contribution < -0.4 is 10.4 Å². The molecule has 11 rings (SSSR count). The molecule has 49 heavy (non-hydrogen) atoms. The smallest absolute Gasteiger partial charge is 0.235 e. The Morgan fingerprint density at radius 2 is 1.24 bits per heavy atom. The van der Waals surface area contributed by atoms with Gasteiger partial charge in [0.05, 0.1) is 22.2 Å². The molecule has 0 aliphatic carbocycles. The zero-order chi connectivity index (χ0) is 32.4. The summed E-state index contributed by atoms with van der Waals surface area (Å²) in [5.74, 6) is 0.707. The minimum Gasteiger partial charge on any atom is -0.277 e. The zero-order valence-corrected chi connectivity index (χ0v) is 28.8. The zero-order valence-electron chi connectivity index (χ0n) is 27.0. The minimum atomic E-state index is -2.02. The van der Waals surface area contributed by atoms with E-state index in [0.29, 0.717) is 5.95 Å². The highest BCUT2D eigenvalue weighted by Gasteiger charge is 2.39. The molecule has 3 aromatic heterocycles. The average molecular weight is 660 g/mol. The van der Waals surface area contributed by atoms with Gasteiger partial charge in [0.25, 0.3) is 0 Å². The average Bonchev–Trinajstić information content (AvgIpc) is 3.77. The lowest BCUT2D eigenvalue weighted by molar-refractivity contribution is 1.02. The predicted molar refractivity (Wildman–Crippen MR) is 212 cm³/mol. The molecule has 5 heteroatoms. The second-order valence-corrected chi connectivity index (χ2v) is 19.1. The molecule has 0 atom stereocenters. The van der Waals surface area contributed by atoms with Gasteiger partial charge < -0.3 is 0 Å². The van der Waals surface area contributed by atoms with Gasteiger partial charge in [0, 0.05) is 47.3 Å². The largest absolute Gasteiger partial charge is 0.277 e. The lowest BCUT2D eigenvalue weighted by Crippen LogP contribution is -2.50. The maximum absolute atomic E-state index is 5.63. The summed E-state index contributed by atoms with van der Waals surface area (Å²) < 4.78 is 4.95. The highest BCUT2D eigenvalue weighted by Crippen LogP contribution is 2.44. The third kappa shape index (κ3) is 3.61. The van der Waals surface area contributed by atoms with Crippen LogP contribution in [-0.2, 0) is 0 Å². The highest BCUT2D eigenvalue weighted by molar-refractivity contribution is 7.26. The molecule has 0 unspecified atom stereocenters. The van der Waals surface area contributed by atoms with Crippen LogP contribution in [0.25, 0.3) is 92.0 Å². The van der Waals surface area contributed by atoms with Crippen molar-refractivity contribution in [2.45, 2.75) is 13.1 Å². The van der Waals surface area contributed by atoms with E-state index in [1.54, 1.807) is 0 Å². The summed E-state index contributed by atoms with van der Waals surface area (Å²) in [4.78, 5) is 11.0. The van der Waals surface area contributed by atoms with Gasteiger partial charge in [-0.1, -0.05) is 134 Å². The van der Waals surface area contributed by atoms with Crippen molar-refractivity contribution in [1.29, 1.82) is 0 Å². The lowest BCUT2D eigenvalue weighted by Gasteiger charge is -2.22. The van der Waals surface area contributed by atoms with Crippen molar-refractivity contribution in [3.63, 3.8) is 0 Å². The summed E-state index contributed by atoms with van der Waals surface area (Å²) in [5.41, 5.74) is 8.18. The van der Waals surface area contributed by atoms with E-state index in [2.05, 4.69) is 157 Å². The molecule has 0 saturated carbocycles. The van der Waals surface area contributed by atoms with Gasteiger partial charge in [0.15, 0.2) is 0 Å². The number of aromatic nitrogens is 3. The molecular formula is C44H29N3SSi. The van der Waals surface area contributed by atoms with E-state index in [0.717, 1.165) is 27.6 Å². The fourth-order valence-corrected chi connectivity index (χ4v) is 13.4. The van der Waals surface area contributed by atoms with Gasteiger partial charge >= 0.3 is 0 Å². The van der Waals surface area contributed by atoms with Crippen LogP contribution in [0.4, 0.5) is 0 Å². The third-order valence-electron chi connectivity index (χ3n) is 10.8. The topological polar surface area (TPSA) is 30.7 Å². The Morgan fingerprint density at radius 3 is 2.14 bits per heavy atom. The van der Waals surface area contributed by atoms with Crippen LogP contribution in [0.3, 0.4) is 0 Å². The molecule has 3 nitrogen and oxygen atoms in total. The van der Waals surface area contributed by atoms with Gasteiger partial charge in [-0.25, -0.2) is 9.97 Å². The molecule has 0 radical (unpaired) electrons. The van der Waals surface area contributed by atoms with Crippen LogP contribution >= 0.6 is 11.3 Å². The monoisotopic (exact) mass is 659 g/mol. The first kappa shape index (κ1) is 27.3. The number of thiophene rings is 1. The molecule has 230 valence electrons. The van der Waals surface area contributed by atoms with Gasteiger partial charge in [-0.15, -0.1) is 11.3 Å². The Balaban J connectivity index is 1.29. The van der Waals surface area contributed by atoms with Crippen molar-refractivity contribution in [3.05, 3.63) is 140 Å². The van der Waals surface area contributed by atoms with E-state index in [1.807, 2.05) is 11.3 Å². The van der Waals surface area contributed by atoms with Crippen LogP contribution in [0.15, 0.2) is 140 Å². The number of benzene rings is 7. The van der Waals surface area contributed by atoms with E-state index in [-0.39, 0.29) is 0 Å². The fourth-order valence-electron chi connectivity index (χ4n) is 8.66. The molecule has 1 aliphatic heterocycles. The molecule has 4 heterocycles. The first-order valence-electron chi connectivity index (χ1n) is 16.8. The van der Waals surface area contributed by atoms with Crippen molar-refractivity contribution in [2.24, 2.45) is 0 Å². The van der Waals surface area contributed by atoms with Crippen molar-refractivity contribution in [2.75, 3.05) is 0 Å². The van der Waals surface area contributed by atoms with E-state index >= 15 is 0 Å². The first-order chi connectivity index (χ1) is 24.1. The summed E-state index contributed by atoms with van der Waals surface area (Å²) in [5, 5.41) is 11.6. The lowest BCUT2D eigenvalue weighted by atomic mass is 10.00. The maximum atomic E-state index is 5.63. The van der Waals surface area contributed by atoms with Crippen molar-refractivity contribution in [3.8, 4) is 28.3 Å². The Bertz CT molecular complexity index is 3040. The number of hydrogen-bond donors (Lipinski definition) is 0. The molecule has 0 fully saturated rings. The van der Waals surface area contributed by atoms with Gasteiger partial charge in [0.2, 0.25) is 5.95 Å². The standard InChI is InChI=1S/C44H29N3SSi/c1-49(2)38-21-10-6-14-29(38)32-16-11-17-34(43(32)49)40-33-15-3-7-18-35(33)45-44(46-40)47-36-19-8-4-12-27(36)30-24-22-26-23-25-31-28-13-5-9-20-37(28)48-42(31)39(26)41(30)47/h3-25H,1-2H3. The Kier molecular flexibility index (Phi) is 5.43. The van der Waals surface area contributed by atoms with E-state index in [1.165, 1.54) is 68.8 Å². The van der Waals surface area contributed by atoms with Crippen molar-refractivity contribution < 1.29 is 0 Å². The molecule has 0 saturated heterocycles. The molecule has 7 aromatic carbocycles. The Labute approximate surface area is 287 Å². The molecule has 0 spiro atoms. The second-order valence-electron chi connectivity index (χ2n) is 13.7. The first-order valence-corrected chi connectivity index (χ1v) is 20.7. The van der Waals surface area contributed by atoms with Crippen molar-refractivity contribution >= 4 is 93.4 Å². The number of rotatable bonds is 2. The Hall–Kier alpha value is -5.62. The molecule has 0 amide bonds. The molecule has 10 aromatic rings. The number of para-hydroxylation sites is 2. The van der Waals surface area contributed by atoms with Crippen LogP contribution in [0, 0.1) is 0 Å². The van der Waals surface area contributed by atoms with Gasteiger partial charge in [-0.3, -0.25) is 4.57 Å². The Morgan fingerprint density at radius 1 is 0.551 bits per heavy atom. The highest BCUT2D eigenvalue weighted by atomic mass is 32.1. The number of fused-ring (bicyclic) bond motifs is 13. The summed E-state index contributed by atoms with van der Waals surface area (Å²) in [6.07, 6.45) is 0. The number of hydrogen-bond acceptors (Lipinski definition) is 3. The predicted octanol–water partition coefficient (Wildman–Crippen LogP) is 10.7. The molecular weight excluding hydrogens is 631 g/mol. The minimum absolute atomic E-state index is 0.707. The summed E-state index contributed by atoms with van der Waals surface area (Å²) >= 11 is 1.88. The molecule has 0 bridgehead atoms. The van der Waals surface area contributed by atoms with Crippen LogP contribution in [0.1, 0.15) is 0 Å². The van der Waals surface area contributed by atoms with E-state index < -0.39 is 8.07 Å². The van der Waals surface area contributed by atoms with Crippen LogP contribution in [-0.4, -0.2) is 22.6 Å². The normalized spacial score (nSPS) is 13.7. The molecule has 1 aliphatic rings. The van der Waals surface area contributed by atoms with Gasteiger partial charge in [0.1, 0.15) is 8.07 Å². The third-order valence-corrected chi connectivity index (χ3v) is 15.6. The summed E-state index contributed by atoms with van der Waals surface area (Å²) in [6, 6.07) is 51.0. The maximum Gasteiger partial charge on any atom is 0.235 e. The van der Waals surface area contributed by atoms with Gasteiger partial charge in [-0.2, -0.15) is 0 Å². The van der Waals surface area contributed by atoms with Crippen LogP contribution in [0.2, 0.25) is 13.1 Å². The molecule has 0 N–H and O–H groups in total. The van der Waals surface area contributed by atoms with Gasteiger partial charge in [-0.05, 0) is 45.1 Å². The van der Waals surface area contributed by atoms with Crippen molar-refractivity contribution in [1.82, 2.24) is 14.5 Å².